The molecule has 0 bridgehead atoms. The highest BCUT2D eigenvalue weighted by Gasteiger charge is 2.29. The molecule has 0 saturated carbocycles. The molecule has 1 aromatic carbocycles. The van der Waals surface area contributed by atoms with Crippen molar-refractivity contribution in [3.05, 3.63) is 18.2 Å². The molecule has 1 unspecified atom stereocenters. The van der Waals surface area contributed by atoms with E-state index in [2.05, 4.69) is 4.90 Å². The molecule has 1 atom stereocenters. The van der Waals surface area contributed by atoms with Gasteiger partial charge < -0.3 is 20.3 Å². The number of anilines is 2. The van der Waals surface area contributed by atoms with Crippen LogP contribution in [-0.4, -0.2) is 39.2 Å². The van der Waals surface area contributed by atoms with Crippen LogP contribution in [0.1, 0.15) is 13.3 Å². The summed E-state index contributed by atoms with van der Waals surface area (Å²) in [5.74, 6) is 0.736. The molecule has 1 aromatic rings. The fraction of sp³-hybridized carbons (Fsp3) is 0.500. The Morgan fingerprint density at radius 2 is 2.21 bits per heavy atom. The predicted molar refractivity (Wildman–Crippen MR) is 76.9 cm³/mol. The summed E-state index contributed by atoms with van der Waals surface area (Å²) in [6.07, 6.45) is 0.522. The fourth-order valence-electron chi connectivity index (χ4n) is 2.19. The van der Waals surface area contributed by atoms with Gasteiger partial charge in [0.1, 0.15) is 5.75 Å². The van der Waals surface area contributed by atoms with Gasteiger partial charge in [-0.1, -0.05) is 0 Å². The van der Waals surface area contributed by atoms with Crippen LogP contribution in [0.4, 0.5) is 11.4 Å². The number of benzene rings is 1. The summed E-state index contributed by atoms with van der Waals surface area (Å²) in [4.78, 5) is 15.7. The van der Waals surface area contributed by atoms with Gasteiger partial charge >= 0.3 is 0 Å². The van der Waals surface area contributed by atoms with Gasteiger partial charge in [0.15, 0.2) is 6.10 Å². The molecule has 2 rings (SSSR count). The second kappa shape index (κ2) is 5.48. The van der Waals surface area contributed by atoms with Gasteiger partial charge in [0.2, 0.25) is 0 Å². The van der Waals surface area contributed by atoms with Crippen LogP contribution in [0.15, 0.2) is 18.2 Å². The molecule has 1 amide bonds. The lowest BCUT2D eigenvalue weighted by Gasteiger charge is -2.31. The SMILES string of the molecule is CC1Oc2ccc(N(C)CCCN)cc2N(C)C1=O. The van der Waals surface area contributed by atoms with Crippen molar-refractivity contribution in [3.8, 4) is 5.75 Å². The van der Waals surface area contributed by atoms with E-state index < -0.39 is 6.10 Å². The van der Waals surface area contributed by atoms with Crippen LogP contribution in [0.25, 0.3) is 0 Å². The summed E-state index contributed by atoms with van der Waals surface area (Å²) in [6, 6.07) is 5.91. The van der Waals surface area contributed by atoms with Gasteiger partial charge in [-0.05, 0) is 38.1 Å². The van der Waals surface area contributed by atoms with Crippen molar-refractivity contribution in [2.24, 2.45) is 5.73 Å². The molecule has 104 valence electrons. The molecule has 0 aliphatic carbocycles. The summed E-state index contributed by atoms with van der Waals surface area (Å²) in [5.41, 5.74) is 7.40. The van der Waals surface area contributed by atoms with E-state index in [9.17, 15) is 4.79 Å². The van der Waals surface area contributed by atoms with Gasteiger partial charge in [0.25, 0.3) is 5.91 Å². The van der Waals surface area contributed by atoms with Crippen LogP contribution < -0.4 is 20.3 Å². The lowest BCUT2D eigenvalue weighted by atomic mass is 10.1. The van der Waals surface area contributed by atoms with Crippen LogP contribution >= 0.6 is 0 Å². The lowest BCUT2D eigenvalue weighted by molar-refractivity contribution is -0.125. The Balaban J connectivity index is 2.26. The van der Waals surface area contributed by atoms with Crippen molar-refractivity contribution in [2.75, 3.05) is 37.0 Å². The first-order valence-corrected chi connectivity index (χ1v) is 6.54. The number of nitrogens with two attached hydrogens (primary N) is 1. The first-order valence-electron chi connectivity index (χ1n) is 6.54. The van der Waals surface area contributed by atoms with Crippen LogP contribution in [0.5, 0.6) is 5.75 Å². The molecule has 0 aromatic heterocycles. The lowest BCUT2D eigenvalue weighted by Crippen LogP contribution is -2.42. The van der Waals surface area contributed by atoms with Gasteiger partial charge in [-0.15, -0.1) is 0 Å². The van der Waals surface area contributed by atoms with Crippen LogP contribution in [-0.2, 0) is 4.79 Å². The van der Waals surface area contributed by atoms with Crippen LogP contribution in [0.3, 0.4) is 0 Å². The Kier molecular flexibility index (Phi) is 3.95. The minimum atomic E-state index is -0.418. The van der Waals surface area contributed by atoms with Crippen molar-refractivity contribution in [3.63, 3.8) is 0 Å². The summed E-state index contributed by atoms with van der Waals surface area (Å²) in [6.45, 7) is 3.33. The number of carbonyl (C=O) groups excluding carboxylic acids is 1. The van der Waals surface area contributed by atoms with E-state index in [0.717, 1.165) is 30.1 Å². The molecule has 0 saturated heterocycles. The Morgan fingerprint density at radius 3 is 2.89 bits per heavy atom. The molecule has 2 N–H and O–H groups in total. The highest BCUT2D eigenvalue weighted by atomic mass is 16.5. The molecule has 1 heterocycles. The fourth-order valence-corrected chi connectivity index (χ4v) is 2.19. The number of carbonyl (C=O) groups is 1. The standard InChI is InChI=1S/C14H21N3O2/c1-10-14(18)17(3)12-9-11(5-6-13(12)19-10)16(2)8-4-7-15/h5-6,9-10H,4,7-8,15H2,1-3H3. The zero-order chi connectivity index (χ0) is 14.0. The third kappa shape index (κ3) is 2.66. The minimum absolute atomic E-state index is 0.0192. The van der Waals surface area contributed by atoms with Gasteiger partial charge in [0, 0.05) is 26.3 Å². The van der Waals surface area contributed by atoms with Crippen molar-refractivity contribution >= 4 is 17.3 Å². The summed E-state index contributed by atoms with van der Waals surface area (Å²) >= 11 is 0. The zero-order valence-electron chi connectivity index (χ0n) is 11.7. The van der Waals surface area contributed by atoms with E-state index >= 15 is 0 Å². The number of hydrogen-bond donors (Lipinski definition) is 1. The molecule has 5 nitrogen and oxygen atoms in total. The average Bonchev–Trinajstić information content (AvgIpc) is 2.42. The van der Waals surface area contributed by atoms with E-state index in [1.165, 1.54) is 0 Å². The van der Waals surface area contributed by atoms with E-state index in [0.29, 0.717) is 6.54 Å². The largest absolute Gasteiger partial charge is 0.479 e. The van der Waals surface area contributed by atoms with Crippen LogP contribution in [0.2, 0.25) is 0 Å². The molecular formula is C14H21N3O2. The number of likely N-dealkylation sites (N-methyl/N-ethyl adjacent to an activating group) is 1. The second-order valence-electron chi connectivity index (χ2n) is 4.87. The minimum Gasteiger partial charge on any atom is -0.479 e. The molecule has 1 aliphatic heterocycles. The highest BCUT2D eigenvalue weighted by molar-refractivity contribution is 5.99. The second-order valence-corrected chi connectivity index (χ2v) is 4.87. The number of amides is 1. The third-order valence-electron chi connectivity index (χ3n) is 3.42. The zero-order valence-corrected chi connectivity index (χ0v) is 11.7. The molecule has 0 fully saturated rings. The number of nitrogens with zero attached hydrogens (tertiary/aromatic N) is 2. The summed E-state index contributed by atoms with van der Waals surface area (Å²) < 4.78 is 5.60. The Hall–Kier alpha value is -1.75. The summed E-state index contributed by atoms with van der Waals surface area (Å²) in [7, 11) is 3.80. The van der Waals surface area contributed by atoms with Gasteiger partial charge in [-0.25, -0.2) is 0 Å². The van der Waals surface area contributed by atoms with E-state index in [4.69, 9.17) is 10.5 Å². The molecule has 0 radical (unpaired) electrons. The summed E-state index contributed by atoms with van der Waals surface area (Å²) in [5, 5.41) is 0. The Labute approximate surface area is 113 Å². The number of fused-ring (bicyclic) bond motifs is 1. The van der Waals surface area contributed by atoms with Crippen molar-refractivity contribution in [1.82, 2.24) is 0 Å². The monoisotopic (exact) mass is 263 g/mol. The molecule has 19 heavy (non-hydrogen) atoms. The van der Waals surface area contributed by atoms with E-state index in [1.807, 2.05) is 25.2 Å². The number of rotatable bonds is 4. The van der Waals surface area contributed by atoms with Crippen molar-refractivity contribution < 1.29 is 9.53 Å². The Morgan fingerprint density at radius 1 is 1.47 bits per heavy atom. The van der Waals surface area contributed by atoms with Gasteiger partial charge in [0.05, 0.1) is 5.69 Å². The first-order chi connectivity index (χ1) is 9.04. The predicted octanol–water partition coefficient (Wildman–Crippen LogP) is 1.22. The van der Waals surface area contributed by atoms with E-state index in [1.54, 1.807) is 18.9 Å². The normalized spacial score (nSPS) is 18.0. The van der Waals surface area contributed by atoms with Crippen LogP contribution in [0, 0.1) is 0 Å². The maximum absolute atomic E-state index is 11.9. The molecule has 5 heteroatoms. The molecule has 0 spiro atoms. The number of ether oxygens (including phenoxy) is 1. The van der Waals surface area contributed by atoms with Gasteiger partial charge in [-0.2, -0.15) is 0 Å². The first kappa shape index (κ1) is 13.7. The third-order valence-corrected chi connectivity index (χ3v) is 3.42. The van der Waals surface area contributed by atoms with Crippen molar-refractivity contribution in [2.45, 2.75) is 19.4 Å². The Bertz CT molecular complexity index is 476. The highest BCUT2D eigenvalue weighted by Crippen LogP contribution is 2.36. The average molecular weight is 263 g/mol. The molecular weight excluding hydrogens is 242 g/mol. The maximum atomic E-state index is 11.9. The van der Waals surface area contributed by atoms with E-state index in [-0.39, 0.29) is 5.91 Å². The topological polar surface area (TPSA) is 58.8 Å². The smallest absolute Gasteiger partial charge is 0.267 e. The van der Waals surface area contributed by atoms with Crippen molar-refractivity contribution in [1.29, 1.82) is 0 Å². The maximum Gasteiger partial charge on any atom is 0.267 e. The van der Waals surface area contributed by atoms with Gasteiger partial charge in [-0.3, -0.25) is 4.79 Å². The quantitative estimate of drug-likeness (QED) is 0.887. The molecule has 1 aliphatic rings. The number of hydrogen-bond acceptors (Lipinski definition) is 4.